The molecule has 1 aliphatic rings. The van der Waals surface area contributed by atoms with Gasteiger partial charge < -0.3 is 10.0 Å². The van der Waals surface area contributed by atoms with Crippen LogP contribution in [-0.4, -0.2) is 43.5 Å². The first-order chi connectivity index (χ1) is 13.0. The molecule has 148 valence electrons. The van der Waals surface area contributed by atoms with Gasteiger partial charge in [-0.3, -0.25) is 0 Å². The molecule has 1 aliphatic heterocycles. The molecule has 0 aliphatic carbocycles. The molecule has 0 saturated carbocycles. The van der Waals surface area contributed by atoms with Crippen LogP contribution >= 0.6 is 11.6 Å². The Hall–Kier alpha value is -2.39. The number of nitrogens with zero attached hydrogens (tertiary/aromatic N) is 5. The van der Waals surface area contributed by atoms with E-state index in [0.29, 0.717) is 29.9 Å². The van der Waals surface area contributed by atoms with E-state index in [4.69, 9.17) is 11.6 Å². The van der Waals surface area contributed by atoms with Crippen LogP contribution in [0.15, 0.2) is 30.5 Å². The quantitative estimate of drug-likeness (QED) is 0.666. The average molecular weight is 412 g/mol. The molecular formula is C18H17ClF3N5O. The van der Waals surface area contributed by atoms with E-state index in [2.05, 4.69) is 15.1 Å². The maximum absolute atomic E-state index is 13.0. The van der Waals surface area contributed by atoms with E-state index >= 15 is 0 Å². The van der Waals surface area contributed by atoms with Crippen LogP contribution in [0.3, 0.4) is 0 Å². The van der Waals surface area contributed by atoms with Crippen molar-refractivity contribution in [3.8, 4) is 5.69 Å². The van der Waals surface area contributed by atoms with Crippen LogP contribution in [-0.2, 0) is 6.18 Å². The van der Waals surface area contributed by atoms with Gasteiger partial charge in [-0.1, -0.05) is 6.07 Å². The number of benzene rings is 1. The number of halogens is 4. The average Bonchev–Trinajstić information content (AvgIpc) is 2.95. The van der Waals surface area contributed by atoms with Crippen molar-refractivity contribution in [1.29, 1.82) is 0 Å². The van der Waals surface area contributed by atoms with Crippen molar-refractivity contribution in [3.63, 3.8) is 0 Å². The molecule has 3 aromatic rings. The van der Waals surface area contributed by atoms with Gasteiger partial charge in [-0.25, -0.2) is 4.68 Å². The van der Waals surface area contributed by atoms with Crippen LogP contribution < -0.4 is 4.90 Å². The van der Waals surface area contributed by atoms with Crippen molar-refractivity contribution in [2.24, 2.45) is 5.92 Å². The zero-order valence-electron chi connectivity index (χ0n) is 15.1. The second-order valence-electron chi connectivity index (χ2n) is 7.41. The minimum absolute atomic E-state index is 0.0251. The summed E-state index contributed by atoms with van der Waals surface area (Å²) in [5.41, 5.74) is -1.04. The Labute approximate surface area is 163 Å². The lowest BCUT2D eigenvalue weighted by molar-refractivity contribution is -0.137. The molecule has 1 fully saturated rings. The number of anilines is 1. The van der Waals surface area contributed by atoms with E-state index in [1.807, 2.05) is 4.90 Å². The van der Waals surface area contributed by atoms with Gasteiger partial charge >= 0.3 is 6.18 Å². The number of aliphatic hydroxyl groups is 1. The van der Waals surface area contributed by atoms with Gasteiger partial charge in [-0.2, -0.15) is 28.2 Å². The molecule has 1 aromatic carbocycles. The smallest absolute Gasteiger partial charge is 0.390 e. The Balaban J connectivity index is 1.75. The Morgan fingerprint density at radius 2 is 1.89 bits per heavy atom. The summed E-state index contributed by atoms with van der Waals surface area (Å²) in [5, 5.41) is 14.9. The molecule has 0 atom stereocenters. The lowest BCUT2D eigenvalue weighted by atomic mass is 9.84. The monoisotopic (exact) mass is 411 g/mol. The molecule has 10 heteroatoms. The summed E-state index contributed by atoms with van der Waals surface area (Å²) in [6, 6.07) is 4.85. The molecule has 1 N–H and O–H groups in total. The molecule has 0 spiro atoms. The SMILES string of the molecule is CC(C)(O)C1CN(c2nc(Cl)nc3c2cnn3-c2cccc(C(F)(F)F)c2)C1. The Bertz CT molecular complexity index is 1040. The summed E-state index contributed by atoms with van der Waals surface area (Å²) < 4.78 is 40.4. The topological polar surface area (TPSA) is 67.1 Å². The minimum Gasteiger partial charge on any atom is -0.390 e. The molecule has 3 heterocycles. The van der Waals surface area contributed by atoms with Crippen molar-refractivity contribution in [2.75, 3.05) is 18.0 Å². The van der Waals surface area contributed by atoms with Crippen LogP contribution in [0.1, 0.15) is 19.4 Å². The highest BCUT2D eigenvalue weighted by Crippen LogP contribution is 2.35. The predicted octanol–water partition coefficient (Wildman–Crippen LogP) is 3.69. The number of hydrogen-bond donors (Lipinski definition) is 1. The molecule has 28 heavy (non-hydrogen) atoms. The summed E-state index contributed by atoms with van der Waals surface area (Å²) in [6.07, 6.45) is -2.95. The second kappa shape index (κ2) is 6.31. The van der Waals surface area contributed by atoms with Gasteiger partial charge in [0.2, 0.25) is 5.28 Å². The summed E-state index contributed by atoms with van der Waals surface area (Å²) in [6.45, 7) is 4.67. The number of fused-ring (bicyclic) bond motifs is 1. The van der Waals surface area contributed by atoms with Gasteiger partial charge in [0, 0.05) is 19.0 Å². The van der Waals surface area contributed by atoms with Gasteiger partial charge in [0.1, 0.15) is 5.82 Å². The Kier molecular flexibility index (Phi) is 4.27. The van der Waals surface area contributed by atoms with Crippen molar-refractivity contribution < 1.29 is 18.3 Å². The van der Waals surface area contributed by atoms with E-state index in [9.17, 15) is 18.3 Å². The van der Waals surface area contributed by atoms with E-state index in [1.165, 1.54) is 23.0 Å². The summed E-state index contributed by atoms with van der Waals surface area (Å²) in [7, 11) is 0. The third kappa shape index (κ3) is 3.29. The molecule has 0 bridgehead atoms. The number of hydrogen-bond acceptors (Lipinski definition) is 5. The van der Waals surface area contributed by atoms with Crippen LogP contribution in [0.4, 0.5) is 19.0 Å². The van der Waals surface area contributed by atoms with Gasteiger partial charge in [0.25, 0.3) is 0 Å². The molecule has 0 unspecified atom stereocenters. The maximum Gasteiger partial charge on any atom is 0.416 e. The van der Waals surface area contributed by atoms with E-state index in [1.54, 1.807) is 13.8 Å². The zero-order chi connectivity index (χ0) is 20.3. The third-order valence-electron chi connectivity index (χ3n) is 4.98. The van der Waals surface area contributed by atoms with Crippen LogP contribution in [0.5, 0.6) is 0 Å². The van der Waals surface area contributed by atoms with Gasteiger partial charge in [0.15, 0.2) is 5.65 Å². The lowest BCUT2D eigenvalue weighted by Crippen LogP contribution is -2.56. The molecule has 2 aromatic heterocycles. The normalized spacial score (nSPS) is 15.9. The van der Waals surface area contributed by atoms with Crippen molar-refractivity contribution >= 4 is 28.5 Å². The first-order valence-electron chi connectivity index (χ1n) is 8.60. The van der Waals surface area contributed by atoms with Gasteiger partial charge in [-0.15, -0.1) is 0 Å². The van der Waals surface area contributed by atoms with Crippen LogP contribution in [0.2, 0.25) is 5.28 Å². The zero-order valence-corrected chi connectivity index (χ0v) is 15.8. The van der Waals surface area contributed by atoms with Crippen molar-refractivity contribution in [2.45, 2.75) is 25.6 Å². The van der Waals surface area contributed by atoms with E-state index in [0.717, 1.165) is 12.1 Å². The highest BCUT2D eigenvalue weighted by atomic mass is 35.5. The highest BCUT2D eigenvalue weighted by molar-refractivity contribution is 6.28. The standard InChI is InChI=1S/C18H17ClF3N5O/c1-17(2,28)11-8-26(9-11)14-13-7-23-27(15(13)25-16(19)24-14)12-5-3-4-10(6-12)18(20,21)22/h3-7,11,28H,8-9H2,1-2H3. The first kappa shape index (κ1) is 18.9. The summed E-state index contributed by atoms with van der Waals surface area (Å²) >= 11 is 6.08. The Morgan fingerprint density at radius 3 is 2.54 bits per heavy atom. The van der Waals surface area contributed by atoms with Gasteiger partial charge in [0.05, 0.1) is 28.4 Å². The molecule has 6 nitrogen and oxygen atoms in total. The third-order valence-corrected chi connectivity index (χ3v) is 5.15. The first-order valence-corrected chi connectivity index (χ1v) is 8.98. The van der Waals surface area contributed by atoms with Crippen LogP contribution in [0.25, 0.3) is 16.7 Å². The number of aromatic nitrogens is 4. The fraction of sp³-hybridized carbons (Fsp3) is 0.389. The lowest BCUT2D eigenvalue weighted by Gasteiger charge is -2.45. The summed E-state index contributed by atoms with van der Waals surface area (Å²) in [4.78, 5) is 10.4. The largest absolute Gasteiger partial charge is 0.416 e. The molecule has 0 amide bonds. The Morgan fingerprint density at radius 1 is 1.18 bits per heavy atom. The number of alkyl halides is 3. The van der Waals surface area contributed by atoms with E-state index < -0.39 is 17.3 Å². The highest BCUT2D eigenvalue weighted by Gasteiger charge is 2.39. The minimum atomic E-state index is -4.46. The van der Waals surface area contributed by atoms with Crippen molar-refractivity contribution in [1.82, 2.24) is 19.7 Å². The van der Waals surface area contributed by atoms with E-state index in [-0.39, 0.29) is 16.9 Å². The molecule has 1 saturated heterocycles. The summed E-state index contributed by atoms with van der Waals surface area (Å²) in [5.74, 6) is 0.628. The second-order valence-corrected chi connectivity index (χ2v) is 7.75. The maximum atomic E-state index is 13.0. The molecule has 4 rings (SSSR count). The fourth-order valence-corrected chi connectivity index (χ4v) is 3.37. The van der Waals surface area contributed by atoms with Crippen LogP contribution in [0, 0.1) is 5.92 Å². The molecular weight excluding hydrogens is 395 g/mol. The molecule has 0 radical (unpaired) electrons. The van der Waals surface area contributed by atoms with Gasteiger partial charge in [-0.05, 0) is 43.6 Å². The van der Waals surface area contributed by atoms with Crippen molar-refractivity contribution in [3.05, 3.63) is 41.3 Å². The number of rotatable bonds is 3. The predicted molar refractivity (Wildman–Crippen MR) is 98.7 cm³/mol. The fourth-order valence-electron chi connectivity index (χ4n) is 3.21.